The minimum Gasteiger partial charge on any atom is -0.489 e. The monoisotopic (exact) mass is 311 g/mol. The van der Waals surface area contributed by atoms with Gasteiger partial charge >= 0.3 is 0 Å². The predicted octanol–water partition coefficient (Wildman–Crippen LogP) is 4.08. The van der Waals surface area contributed by atoms with Crippen molar-refractivity contribution in [3.05, 3.63) is 40.4 Å². The second-order valence-electron chi connectivity index (χ2n) is 5.55. The number of ether oxygens (including phenoxy) is 1. The van der Waals surface area contributed by atoms with Crippen molar-refractivity contribution >= 4 is 15.9 Å². The topological polar surface area (TPSA) is 21.3 Å². The van der Waals surface area contributed by atoms with Crippen molar-refractivity contribution in [3.63, 3.8) is 0 Å². The molecule has 0 spiro atoms. The van der Waals surface area contributed by atoms with Crippen LogP contribution in [0.1, 0.15) is 26.3 Å². The van der Waals surface area contributed by atoms with Crippen molar-refractivity contribution in [1.29, 1.82) is 0 Å². The molecule has 0 radical (unpaired) electrons. The van der Waals surface area contributed by atoms with E-state index in [1.807, 2.05) is 25.1 Å². The molecule has 0 unspecified atom stereocenters. The SMILES string of the molecule is C=C(CNC(C)(C)C)COc1ccc(Br)cc1C. The Balaban J connectivity index is 2.43. The van der Waals surface area contributed by atoms with Crippen LogP contribution in [-0.4, -0.2) is 18.7 Å². The van der Waals surface area contributed by atoms with E-state index in [9.17, 15) is 0 Å². The van der Waals surface area contributed by atoms with Gasteiger partial charge in [0, 0.05) is 16.6 Å². The fourth-order valence-electron chi connectivity index (χ4n) is 1.40. The highest BCUT2D eigenvalue weighted by Crippen LogP contribution is 2.22. The Morgan fingerprint density at radius 2 is 2.06 bits per heavy atom. The maximum Gasteiger partial charge on any atom is 0.122 e. The van der Waals surface area contributed by atoms with Gasteiger partial charge in [-0.3, -0.25) is 0 Å². The molecule has 1 aromatic rings. The molecule has 0 saturated heterocycles. The summed E-state index contributed by atoms with van der Waals surface area (Å²) in [6.07, 6.45) is 0. The van der Waals surface area contributed by atoms with Crippen LogP contribution in [0.15, 0.2) is 34.8 Å². The molecule has 1 N–H and O–H groups in total. The third-order valence-electron chi connectivity index (χ3n) is 2.44. The molecule has 0 saturated carbocycles. The minimum atomic E-state index is 0.108. The predicted molar refractivity (Wildman–Crippen MR) is 81.3 cm³/mol. The second kappa shape index (κ2) is 6.39. The molecule has 1 aromatic carbocycles. The second-order valence-corrected chi connectivity index (χ2v) is 6.47. The lowest BCUT2D eigenvalue weighted by Gasteiger charge is -2.21. The molecule has 0 bridgehead atoms. The lowest BCUT2D eigenvalue weighted by Crippen LogP contribution is -2.37. The van der Waals surface area contributed by atoms with Gasteiger partial charge in [-0.25, -0.2) is 0 Å². The Morgan fingerprint density at radius 1 is 1.39 bits per heavy atom. The Kier molecular flexibility index (Phi) is 5.42. The molecule has 0 aliphatic rings. The van der Waals surface area contributed by atoms with E-state index >= 15 is 0 Å². The first-order valence-corrected chi connectivity index (χ1v) is 6.88. The molecule has 0 aromatic heterocycles. The van der Waals surface area contributed by atoms with Gasteiger partial charge in [0.15, 0.2) is 0 Å². The first-order chi connectivity index (χ1) is 8.28. The smallest absolute Gasteiger partial charge is 0.122 e. The van der Waals surface area contributed by atoms with Crippen LogP contribution in [0.5, 0.6) is 5.75 Å². The minimum absolute atomic E-state index is 0.108. The summed E-state index contributed by atoms with van der Waals surface area (Å²) in [5.74, 6) is 0.912. The summed E-state index contributed by atoms with van der Waals surface area (Å²) in [5.41, 5.74) is 2.28. The maximum absolute atomic E-state index is 5.76. The number of nitrogens with one attached hydrogen (secondary N) is 1. The van der Waals surface area contributed by atoms with Crippen molar-refractivity contribution in [2.75, 3.05) is 13.2 Å². The van der Waals surface area contributed by atoms with E-state index < -0.39 is 0 Å². The average molecular weight is 312 g/mol. The van der Waals surface area contributed by atoms with Crippen LogP contribution in [0, 0.1) is 6.92 Å². The number of aryl methyl sites for hydroxylation is 1. The van der Waals surface area contributed by atoms with Crippen molar-refractivity contribution in [2.45, 2.75) is 33.2 Å². The largest absolute Gasteiger partial charge is 0.489 e. The molecule has 0 amide bonds. The Hall–Kier alpha value is -0.800. The van der Waals surface area contributed by atoms with Gasteiger partial charge in [0.25, 0.3) is 0 Å². The van der Waals surface area contributed by atoms with Crippen LogP contribution in [0.2, 0.25) is 0 Å². The molecule has 0 atom stereocenters. The first-order valence-electron chi connectivity index (χ1n) is 6.08. The summed E-state index contributed by atoms with van der Waals surface area (Å²) < 4.78 is 6.83. The maximum atomic E-state index is 5.76. The molecular formula is C15H22BrNO. The zero-order valence-corrected chi connectivity index (χ0v) is 13.2. The summed E-state index contributed by atoms with van der Waals surface area (Å²) >= 11 is 3.44. The van der Waals surface area contributed by atoms with E-state index in [2.05, 4.69) is 48.6 Å². The third kappa shape index (κ3) is 5.69. The average Bonchev–Trinajstić information content (AvgIpc) is 2.24. The molecule has 0 heterocycles. The number of benzene rings is 1. The van der Waals surface area contributed by atoms with Crippen molar-refractivity contribution in [3.8, 4) is 5.75 Å². The van der Waals surface area contributed by atoms with Gasteiger partial charge < -0.3 is 10.1 Å². The Morgan fingerprint density at radius 3 is 2.61 bits per heavy atom. The summed E-state index contributed by atoms with van der Waals surface area (Å²) in [5, 5.41) is 3.39. The lowest BCUT2D eigenvalue weighted by molar-refractivity contribution is 0.339. The van der Waals surface area contributed by atoms with E-state index in [0.717, 1.165) is 27.9 Å². The zero-order chi connectivity index (χ0) is 13.8. The van der Waals surface area contributed by atoms with E-state index in [-0.39, 0.29) is 5.54 Å². The van der Waals surface area contributed by atoms with Gasteiger partial charge in [0.1, 0.15) is 12.4 Å². The molecule has 100 valence electrons. The van der Waals surface area contributed by atoms with E-state index in [1.54, 1.807) is 0 Å². The van der Waals surface area contributed by atoms with E-state index in [0.29, 0.717) is 6.61 Å². The fraction of sp³-hybridized carbons (Fsp3) is 0.467. The van der Waals surface area contributed by atoms with Gasteiger partial charge in [-0.1, -0.05) is 22.5 Å². The standard InChI is InChI=1S/C15H22BrNO/c1-11(9-17-15(3,4)5)10-18-14-7-6-13(16)8-12(14)2/h6-8,17H,1,9-10H2,2-5H3. The lowest BCUT2D eigenvalue weighted by atomic mass is 10.1. The normalized spacial score (nSPS) is 11.4. The molecule has 0 aliphatic carbocycles. The molecule has 2 nitrogen and oxygen atoms in total. The van der Waals surface area contributed by atoms with Crippen LogP contribution in [0.4, 0.5) is 0 Å². The quantitative estimate of drug-likeness (QED) is 0.827. The molecule has 3 heteroatoms. The van der Waals surface area contributed by atoms with Gasteiger partial charge in [0.05, 0.1) is 0 Å². The van der Waals surface area contributed by atoms with Crippen molar-refractivity contribution in [2.24, 2.45) is 0 Å². The van der Waals surface area contributed by atoms with Gasteiger partial charge in [-0.2, -0.15) is 0 Å². The summed E-state index contributed by atoms with van der Waals surface area (Å²) in [4.78, 5) is 0. The fourth-order valence-corrected chi connectivity index (χ4v) is 1.87. The van der Waals surface area contributed by atoms with Crippen LogP contribution in [-0.2, 0) is 0 Å². The molecular weight excluding hydrogens is 290 g/mol. The zero-order valence-electron chi connectivity index (χ0n) is 11.6. The summed E-state index contributed by atoms with van der Waals surface area (Å²) in [6.45, 7) is 13.8. The highest BCUT2D eigenvalue weighted by Gasteiger charge is 2.09. The number of halogens is 1. The number of rotatable bonds is 5. The third-order valence-corrected chi connectivity index (χ3v) is 2.93. The number of hydrogen-bond donors (Lipinski definition) is 1. The van der Waals surface area contributed by atoms with Crippen LogP contribution in [0.25, 0.3) is 0 Å². The molecule has 0 fully saturated rings. The van der Waals surface area contributed by atoms with Crippen molar-refractivity contribution < 1.29 is 4.74 Å². The summed E-state index contributed by atoms with van der Waals surface area (Å²) in [6, 6.07) is 6.01. The van der Waals surface area contributed by atoms with Gasteiger partial charge in [-0.05, 0) is 57.0 Å². The molecule has 1 rings (SSSR count). The van der Waals surface area contributed by atoms with Crippen LogP contribution < -0.4 is 10.1 Å². The van der Waals surface area contributed by atoms with E-state index in [4.69, 9.17) is 4.74 Å². The van der Waals surface area contributed by atoms with Crippen LogP contribution >= 0.6 is 15.9 Å². The Labute approximate surface area is 119 Å². The molecule has 0 aliphatic heterocycles. The highest BCUT2D eigenvalue weighted by atomic mass is 79.9. The highest BCUT2D eigenvalue weighted by molar-refractivity contribution is 9.10. The van der Waals surface area contributed by atoms with Crippen LogP contribution in [0.3, 0.4) is 0 Å². The van der Waals surface area contributed by atoms with E-state index in [1.165, 1.54) is 0 Å². The van der Waals surface area contributed by atoms with Crippen molar-refractivity contribution in [1.82, 2.24) is 5.32 Å². The first kappa shape index (κ1) is 15.3. The number of hydrogen-bond acceptors (Lipinski definition) is 2. The van der Waals surface area contributed by atoms with Gasteiger partial charge in [0.2, 0.25) is 0 Å². The summed E-state index contributed by atoms with van der Waals surface area (Å²) in [7, 11) is 0. The Bertz CT molecular complexity index is 421. The van der Waals surface area contributed by atoms with Gasteiger partial charge in [-0.15, -0.1) is 0 Å². The molecule has 18 heavy (non-hydrogen) atoms.